The van der Waals surface area contributed by atoms with E-state index < -0.39 is 0 Å². The van der Waals surface area contributed by atoms with Gasteiger partial charge in [0, 0.05) is 31.9 Å². The van der Waals surface area contributed by atoms with Crippen LogP contribution in [-0.4, -0.2) is 48.9 Å². The first-order valence-corrected chi connectivity index (χ1v) is 8.16. The van der Waals surface area contributed by atoms with E-state index in [1.54, 1.807) is 19.2 Å². The fourth-order valence-corrected chi connectivity index (χ4v) is 2.46. The van der Waals surface area contributed by atoms with E-state index in [4.69, 9.17) is 4.74 Å². The smallest absolute Gasteiger partial charge is 0.261 e. The third-order valence-electron chi connectivity index (χ3n) is 4.32. The van der Waals surface area contributed by atoms with Crippen LogP contribution in [0.25, 0.3) is 0 Å². The van der Waals surface area contributed by atoms with E-state index in [1.807, 2.05) is 20.8 Å². The molecule has 0 radical (unpaired) electrons. The highest BCUT2D eigenvalue weighted by Crippen LogP contribution is 2.24. The molecule has 0 unspecified atom stereocenters. The quantitative estimate of drug-likeness (QED) is 0.613. The summed E-state index contributed by atoms with van der Waals surface area (Å²) in [6.45, 7) is 6.77. The molecule has 0 saturated heterocycles. The van der Waals surface area contributed by atoms with Crippen molar-refractivity contribution in [1.29, 1.82) is 0 Å². The van der Waals surface area contributed by atoms with Gasteiger partial charge in [-0.2, -0.15) is 0 Å². The van der Waals surface area contributed by atoms with Crippen LogP contribution in [0, 0.1) is 5.92 Å². The average molecular weight is 332 g/mol. The number of imide groups is 1. The lowest BCUT2D eigenvalue weighted by Gasteiger charge is -2.17. The van der Waals surface area contributed by atoms with Crippen LogP contribution in [0.15, 0.2) is 18.2 Å². The number of carbonyl (C=O) groups excluding carboxylic acids is 3. The molecule has 0 saturated carbocycles. The van der Waals surface area contributed by atoms with Crippen molar-refractivity contribution >= 4 is 17.7 Å². The third-order valence-corrected chi connectivity index (χ3v) is 4.32. The molecule has 2 rings (SSSR count). The number of carbonyl (C=O) groups is 3. The minimum atomic E-state index is -0.349. The molecule has 1 aromatic rings. The number of nitrogens with zero attached hydrogens (tertiary/aromatic N) is 1. The van der Waals surface area contributed by atoms with Crippen LogP contribution in [0.3, 0.4) is 0 Å². The predicted octanol–water partition coefficient (Wildman–Crippen LogP) is 2.09. The van der Waals surface area contributed by atoms with E-state index in [2.05, 4.69) is 5.32 Å². The van der Waals surface area contributed by atoms with Crippen molar-refractivity contribution in [3.05, 3.63) is 34.9 Å². The van der Waals surface area contributed by atoms with Gasteiger partial charge in [0.05, 0.1) is 11.1 Å². The number of ether oxygens (including phenoxy) is 1. The molecule has 1 aromatic carbocycles. The summed E-state index contributed by atoms with van der Waals surface area (Å²) in [5.74, 6) is -0.591. The van der Waals surface area contributed by atoms with Crippen LogP contribution in [0.2, 0.25) is 0 Å². The molecular weight excluding hydrogens is 308 g/mol. The second-order valence-electron chi connectivity index (χ2n) is 6.37. The van der Waals surface area contributed by atoms with Gasteiger partial charge in [-0.3, -0.25) is 19.3 Å². The largest absolute Gasteiger partial charge is 0.385 e. The Morgan fingerprint density at radius 2 is 1.83 bits per heavy atom. The summed E-state index contributed by atoms with van der Waals surface area (Å²) >= 11 is 0. The van der Waals surface area contributed by atoms with Gasteiger partial charge in [0.2, 0.25) is 0 Å². The predicted molar refractivity (Wildman–Crippen MR) is 90.1 cm³/mol. The van der Waals surface area contributed by atoms with Crippen LogP contribution < -0.4 is 5.32 Å². The maximum Gasteiger partial charge on any atom is 0.261 e. The number of amides is 3. The molecule has 0 aromatic heterocycles. The van der Waals surface area contributed by atoms with Crippen molar-refractivity contribution in [2.45, 2.75) is 33.2 Å². The first kappa shape index (κ1) is 18.1. The van der Waals surface area contributed by atoms with E-state index in [0.29, 0.717) is 42.2 Å². The van der Waals surface area contributed by atoms with Crippen LogP contribution in [0.1, 0.15) is 58.3 Å². The minimum Gasteiger partial charge on any atom is -0.385 e. The highest BCUT2D eigenvalue weighted by molar-refractivity contribution is 6.22. The first-order valence-electron chi connectivity index (χ1n) is 8.16. The van der Waals surface area contributed by atoms with Gasteiger partial charge in [-0.1, -0.05) is 13.8 Å². The summed E-state index contributed by atoms with van der Waals surface area (Å²) in [7, 11) is 1.57. The summed E-state index contributed by atoms with van der Waals surface area (Å²) in [6, 6.07) is 4.67. The summed E-state index contributed by atoms with van der Waals surface area (Å²) < 4.78 is 4.95. The number of benzene rings is 1. The molecule has 24 heavy (non-hydrogen) atoms. The Balaban J connectivity index is 2.17. The molecule has 0 aliphatic carbocycles. The SMILES string of the molecule is COCCCN1C(=O)c2ccc(C(=O)N[C@H](C)C(C)C)cc2C1=O. The normalized spacial score (nSPS) is 15.0. The van der Waals surface area contributed by atoms with Gasteiger partial charge >= 0.3 is 0 Å². The van der Waals surface area contributed by atoms with Gasteiger partial charge in [0.15, 0.2) is 0 Å². The zero-order chi connectivity index (χ0) is 17.9. The molecule has 1 aliphatic rings. The summed E-state index contributed by atoms with van der Waals surface area (Å²) in [6.07, 6.45) is 0.585. The minimum absolute atomic E-state index is 0.0219. The van der Waals surface area contributed by atoms with Crippen molar-refractivity contribution in [2.24, 2.45) is 5.92 Å². The van der Waals surface area contributed by atoms with Gasteiger partial charge in [-0.15, -0.1) is 0 Å². The zero-order valence-corrected chi connectivity index (χ0v) is 14.6. The Morgan fingerprint density at radius 1 is 1.17 bits per heavy atom. The number of hydrogen-bond acceptors (Lipinski definition) is 4. The van der Waals surface area contributed by atoms with Crippen LogP contribution in [0.4, 0.5) is 0 Å². The fraction of sp³-hybridized carbons (Fsp3) is 0.500. The van der Waals surface area contributed by atoms with Gasteiger partial charge in [0.25, 0.3) is 17.7 Å². The second kappa shape index (κ2) is 7.57. The van der Waals surface area contributed by atoms with Crippen molar-refractivity contribution in [2.75, 3.05) is 20.3 Å². The van der Waals surface area contributed by atoms with Crippen molar-refractivity contribution in [3.63, 3.8) is 0 Å². The lowest BCUT2D eigenvalue weighted by Crippen LogP contribution is -2.36. The Hall–Kier alpha value is -2.21. The number of fused-ring (bicyclic) bond motifs is 1. The number of hydrogen-bond donors (Lipinski definition) is 1. The topological polar surface area (TPSA) is 75.7 Å². The molecule has 6 nitrogen and oxygen atoms in total. The Labute approximate surface area is 142 Å². The average Bonchev–Trinajstić information content (AvgIpc) is 2.79. The molecular formula is C18H24N2O4. The molecule has 0 spiro atoms. The van der Waals surface area contributed by atoms with E-state index >= 15 is 0 Å². The van der Waals surface area contributed by atoms with Crippen LogP contribution in [0.5, 0.6) is 0 Å². The fourth-order valence-electron chi connectivity index (χ4n) is 2.46. The monoisotopic (exact) mass is 332 g/mol. The van der Waals surface area contributed by atoms with Gasteiger partial charge in [0.1, 0.15) is 0 Å². The van der Waals surface area contributed by atoms with Gasteiger partial charge in [-0.25, -0.2) is 0 Å². The zero-order valence-electron chi connectivity index (χ0n) is 14.6. The maximum atomic E-state index is 12.4. The van der Waals surface area contributed by atoms with Crippen LogP contribution >= 0.6 is 0 Å². The lowest BCUT2D eigenvalue weighted by molar-refractivity contribution is 0.0638. The molecule has 0 fully saturated rings. The number of rotatable bonds is 7. The van der Waals surface area contributed by atoms with E-state index in [1.165, 1.54) is 11.0 Å². The van der Waals surface area contributed by atoms with Crippen molar-refractivity contribution in [1.82, 2.24) is 10.2 Å². The highest BCUT2D eigenvalue weighted by atomic mass is 16.5. The summed E-state index contributed by atoms with van der Waals surface area (Å²) in [5, 5.41) is 2.90. The Morgan fingerprint density at radius 3 is 2.46 bits per heavy atom. The van der Waals surface area contributed by atoms with Crippen molar-refractivity contribution < 1.29 is 19.1 Å². The molecule has 1 heterocycles. The third kappa shape index (κ3) is 3.64. The number of methoxy groups -OCH3 is 1. The summed E-state index contributed by atoms with van der Waals surface area (Å²) in [4.78, 5) is 38.3. The van der Waals surface area contributed by atoms with Crippen LogP contribution in [-0.2, 0) is 4.74 Å². The van der Waals surface area contributed by atoms with Gasteiger partial charge < -0.3 is 10.1 Å². The highest BCUT2D eigenvalue weighted by Gasteiger charge is 2.35. The first-order chi connectivity index (χ1) is 11.4. The van der Waals surface area contributed by atoms with E-state index in [-0.39, 0.29) is 23.8 Å². The second-order valence-corrected chi connectivity index (χ2v) is 6.37. The number of nitrogens with one attached hydrogen (secondary N) is 1. The molecule has 130 valence electrons. The molecule has 0 bridgehead atoms. The molecule has 1 atom stereocenters. The van der Waals surface area contributed by atoms with Crippen molar-refractivity contribution in [3.8, 4) is 0 Å². The maximum absolute atomic E-state index is 12.4. The lowest BCUT2D eigenvalue weighted by atomic mass is 10.0. The van der Waals surface area contributed by atoms with Gasteiger partial charge in [-0.05, 0) is 37.5 Å². The standard InChI is InChI=1S/C18H24N2O4/c1-11(2)12(3)19-16(21)13-6-7-14-15(10-13)18(23)20(17(14)22)8-5-9-24-4/h6-7,10-12H,5,8-9H2,1-4H3,(H,19,21)/t12-/m1/s1. The molecule has 1 N–H and O–H groups in total. The Bertz CT molecular complexity index is 654. The van der Waals surface area contributed by atoms with E-state index in [9.17, 15) is 14.4 Å². The van der Waals surface area contributed by atoms with E-state index in [0.717, 1.165) is 0 Å². The molecule has 6 heteroatoms. The molecule has 3 amide bonds. The summed E-state index contributed by atoms with van der Waals surface area (Å²) in [5.41, 5.74) is 1.04. The Kier molecular flexibility index (Phi) is 5.72. The molecule has 1 aliphatic heterocycles.